The molecule has 0 amide bonds. The lowest BCUT2D eigenvalue weighted by Crippen LogP contribution is -1.96. The maximum absolute atomic E-state index is 13.0. The molecule has 0 bridgehead atoms. The summed E-state index contributed by atoms with van der Waals surface area (Å²) in [5, 5.41) is 12.1. The molecule has 0 atom stereocenters. The van der Waals surface area contributed by atoms with Gasteiger partial charge >= 0.3 is 0 Å². The number of rotatable bonds is 2. The van der Waals surface area contributed by atoms with Gasteiger partial charge in [0, 0.05) is 10.2 Å². The van der Waals surface area contributed by atoms with Crippen molar-refractivity contribution in [2.45, 2.75) is 6.92 Å². The van der Waals surface area contributed by atoms with Crippen molar-refractivity contribution in [3.63, 3.8) is 0 Å². The van der Waals surface area contributed by atoms with Gasteiger partial charge in [0.15, 0.2) is 0 Å². The number of aryl methyl sites for hydroxylation is 1. The Morgan fingerprint density at radius 1 is 1.17 bits per heavy atom. The van der Waals surface area contributed by atoms with Crippen LogP contribution in [-0.2, 0) is 0 Å². The van der Waals surface area contributed by atoms with E-state index < -0.39 is 5.82 Å². The summed E-state index contributed by atoms with van der Waals surface area (Å²) < 4.78 is 14.0. The molecule has 0 aromatic heterocycles. The fourth-order valence-electron chi connectivity index (χ4n) is 1.63. The summed E-state index contributed by atoms with van der Waals surface area (Å²) in [5.74, 6) is -0.412. The monoisotopic (exact) mass is 304 g/mol. The highest BCUT2D eigenvalue weighted by atomic mass is 79.9. The summed E-state index contributed by atoms with van der Waals surface area (Å²) in [4.78, 5) is 0. The highest BCUT2D eigenvalue weighted by Gasteiger charge is 2.05. The first kappa shape index (κ1) is 12.6. The molecule has 0 radical (unpaired) electrons. The highest BCUT2D eigenvalue weighted by molar-refractivity contribution is 9.10. The first-order valence-corrected chi connectivity index (χ1v) is 6.12. The Balaban J connectivity index is 2.37. The van der Waals surface area contributed by atoms with Crippen molar-refractivity contribution in [1.82, 2.24) is 0 Å². The van der Waals surface area contributed by atoms with E-state index in [4.69, 9.17) is 5.26 Å². The maximum atomic E-state index is 13.0. The Labute approximate surface area is 113 Å². The largest absolute Gasteiger partial charge is 0.354 e. The summed E-state index contributed by atoms with van der Waals surface area (Å²) in [6.45, 7) is 1.96. The third-order valence-electron chi connectivity index (χ3n) is 2.56. The summed E-state index contributed by atoms with van der Waals surface area (Å²) in [5.41, 5.74) is 2.82. The van der Waals surface area contributed by atoms with Crippen LogP contribution in [-0.4, -0.2) is 0 Å². The zero-order valence-corrected chi connectivity index (χ0v) is 11.3. The van der Waals surface area contributed by atoms with Crippen LogP contribution in [0.2, 0.25) is 0 Å². The number of hydrogen-bond acceptors (Lipinski definition) is 2. The van der Waals surface area contributed by atoms with Gasteiger partial charge in [-0.25, -0.2) is 4.39 Å². The van der Waals surface area contributed by atoms with Crippen LogP contribution in [0.3, 0.4) is 0 Å². The molecule has 2 aromatic rings. The molecular weight excluding hydrogens is 295 g/mol. The molecule has 0 heterocycles. The Morgan fingerprint density at radius 2 is 1.89 bits per heavy atom. The number of nitriles is 1. The summed E-state index contributed by atoms with van der Waals surface area (Å²) in [7, 11) is 0. The molecule has 0 spiro atoms. The molecule has 0 saturated heterocycles. The first-order chi connectivity index (χ1) is 8.60. The van der Waals surface area contributed by atoms with Crippen molar-refractivity contribution >= 4 is 27.3 Å². The minimum Gasteiger partial charge on any atom is -0.354 e. The summed E-state index contributed by atoms with van der Waals surface area (Å²) >= 11 is 3.39. The van der Waals surface area contributed by atoms with Gasteiger partial charge in [-0.2, -0.15) is 5.26 Å². The molecule has 2 aromatic carbocycles. The summed E-state index contributed by atoms with van der Waals surface area (Å²) in [6, 6.07) is 11.9. The van der Waals surface area contributed by atoms with E-state index in [2.05, 4.69) is 21.2 Å². The molecule has 0 saturated carbocycles. The topological polar surface area (TPSA) is 35.8 Å². The lowest BCUT2D eigenvalue weighted by Gasteiger charge is -2.11. The van der Waals surface area contributed by atoms with Crippen molar-refractivity contribution in [2.75, 3.05) is 5.32 Å². The third-order valence-corrected chi connectivity index (χ3v) is 3.05. The van der Waals surface area contributed by atoms with Gasteiger partial charge in [-0.1, -0.05) is 15.9 Å². The van der Waals surface area contributed by atoms with Crippen molar-refractivity contribution in [3.8, 4) is 6.07 Å². The number of nitrogens with zero attached hydrogens (tertiary/aromatic N) is 1. The average Bonchev–Trinajstić information content (AvgIpc) is 2.34. The second kappa shape index (κ2) is 5.19. The average molecular weight is 305 g/mol. The molecular formula is C14H10BrFN2. The van der Waals surface area contributed by atoms with E-state index in [9.17, 15) is 4.39 Å². The van der Waals surface area contributed by atoms with Crippen LogP contribution in [0.15, 0.2) is 40.9 Å². The normalized spacial score (nSPS) is 9.89. The standard InChI is InChI=1S/C14H10BrFN2/c1-9-6-11(15)2-4-13(9)18-14-5-3-12(16)7-10(14)8-17/h2-7,18H,1H3. The lowest BCUT2D eigenvalue weighted by atomic mass is 10.1. The first-order valence-electron chi connectivity index (χ1n) is 5.33. The number of halogens is 2. The number of anilines is 2. The van der Waals surface area contributed by atoms with Gasteiger partial charge in [0.05, 0.1) is 11.3 Å². The van der Waals surface area contributed by atoms with E-state index in [0.29, 0.717) is 5.69 Å². The van der Waals surface area contributed by atoms with Crippen LogP contribution in [0.1, 0.15) is 11.1 Å². The Kier molecular flexibility index (Phi) is 3.63. The van der Waals surface area contributed by atoms with Crippen LogP contribution < -0.4 is 5.32 Å². The molecule has 2 rings (SSSR count). The van der Waals surface area contributed by atoms with Gasteiger partial charge < -0.3 is 5.32 Å². The van der Waals surface area contributed by atoms with Gasteiger partial charge in [-0.15, -0.1) is 0 Å². The second-order valence-corrected chi connectivity index (χ2v) is 4.80. The molecule has 18 heavy (non-hydrogen) atoms. The fraction of sp³-hybridized carbons (Fsp3) is 0.0714. The predicted molar refractivity (Wildman–Crippen MR) is 73.3 cm³/mol. The fourth-order valence-corrected chi connectivity index (χ4v) is 2.11. The molecule has 0 aliphatic heterocycles. The van der Waals surface area contributed by atoms with Gasteiger partial charge in [0.25, 0.3) is 0 Å². The van der Waals surface area contributed by atoms with Gasteiger partial charge in [0.1, 0.15) is 11.9 Å². The van der Waals surface area contributed by atoms with Crippen LogP contribution in [0, 0.1) is 24.1 Å². The SMILES string of the molecule is Cc1cc(Br)ccc1Nc1ccc(F)cc1C#N. The number of hydrogen-bond donors (Lipinski definition) is 1. The zero-order chi connectivity index (χ0) is 13.1. The van der Waals surface area contributed by atoms with Crippen molar-refractivity contribution in [3.05, 3.63) is 57.8 Å². The molecule has 0 aliphatic rings. The maximum Gasteiger partial charge on any atom is 0.124 e. The smallest absolute Gasteiger partial charge is 0.124 e. The lowest BCUT2D eigenvalue weighted by molar-refractivity contribution is 0.627. The predicted octanol–water partition coefficient (Wildman–Crippen LogP) is 4.51. The van der Waals surface area contributed by atoms with Crippen LogP contribution in [0.25, 0.3) is 0 Å². The Hall–Kier alpha value is -1.86. The van der Waals surface area contributed by atoms with Crippen LogP contribution in [0.5, 0.6) is 0 Å². The molecule has 90 valence electrons. The van der Waals surface area contributed by atoms with Gasteiger partial charge in [0.2, 0.25) is 0 Å². The molecule has 0 unspecified atom stereocenters. The Morgan fingerprint density at radius 3 is 2.56 bits per heavy atom. The van der Waals surface area contributed by atoms with E-state index in [1.54, 1.807) is 6.07 Å². The zero-order valence-electron chi connectivity index (χ0n) is 9.67. The van der Waals surface area contributed by atoms with Crippen molar-refractivity contribution in [2.24, 2.45) is 0 Å². The van der Waals surface area contributed by atoms with E-state index in [1.165, 1.54) is 12.1 Å². The highest BCUT2D eigenvalue weighted by Crippen LogP contribution is 2.26. The van der Waals surface area contributed by atoms with Crippen molar-refractivity contribution in [1.29, 1.82) is 5.26 Å². The number of nitrogens with one attached hydrogen (secondary N) is 1. The molecule has 0 aliphatic carbocycles. The van der Waals surface area contributed by atoms with Gasteiger partial charge in [-0.3, -0.25) is 0 Å². The van der Waals surface area contributed by atoms with E-state index >= 15 is 0 Å². The van der Waals surface area contributed by atoms with E-state index in [-0.39, 0.29) is 5.56 Å². The minimum absolute atomic E-state index is 0.289. The quantitative estimate of drug-likeness (QED) is 0.886. The molecule has 2 nitrogen and oxygen atoms in total. The van der Waals surface area contributed by atoms with Crippen LogP contribution >= 0.6 is 15.9 Å². The Bertz CT molecular complexity index is 632. The summed E-state index contributed by atoms with van der Waals surface area (Å²) in [6.07, 6.45) is 0. The van der Waals surface area contributed by atoms with E-state index in [1.807, 2.05) is 31.2 Å². The van der Waals surface area contributed by atoms with Gasteiger partial charge in [-0.05, 0) is 48.9 Å². The third kappa shape index (κ3) is 2.69. The number of benzene rings is 2. The molecule has 1 N–H and O–H groups in total. The second-order valence-electron chi connectivity index (χ2n) is 3.89. The van der Waals surface area contributed by atoms with Crippen LogP contribution in [0.4, 0.5) is 15.8 Å². The van der Waals surface area contributed by atoms with E-state index in [0.717, 1.165) is 15.7 Å². The van der Waals surface area contributed by atoms with Crippen molar-refractivity contribution < 1.29 is 4.39 Å². The minimum atomic E-state index is -0.412. The molecule has 4 heteroatoms. The molecule has 0 fully saturated rings.